The summed E-state index contributed by atoms with van der Waals surface area (Å²) in [6.45, 7) is 7.55. The molecule has 0 saturated carbocycles. The van der Waals surface area contributed by atoms with Crippen molar-refractivity contribution in [2.24, 2.45) is 0 Å². The van der Waals surface area contributed by atoms with Crippen LogP contribution in [-0.4, -0.2) is 15.6 Å². The van der Waals surface area contributed by atoms with Gasteiger partial charge < -0.3 is 9.84 Å². The van der Waals surface area contributed by atoms with E-state index in [2.05, 4.69) is 0 Å². The van der Waals surface area contributed by atoms with Gasteiger partial charge >= 0.3 is 0 Å². The van der Waals surface area contributed by atoms with Crippen molar-refractivity contribution in [1.82, 2.24) is 0 Å². The molecule has 5 heteroatoms. The number of phenols is 1. The van der Waals surface area contributed by atoms with E-state index in [9.17, 15) is 15.2 Å². The van der Waals surface area contributed by atoms with Crippen molar-refractivity contribution in [3.8, 4) is 11.5 Å². The SMILES string of the molecule is Cc1c(C)c2c(c(C)c1O)C=CC(C)(Cc1ccccc1[N+](=O)[O-])O2. The number of hydrogen-bond acceptors (Lipinski definition) is 4. The second-order valence-electron chi connectivity index (χ2n) is 6.78. The molecule has 130 valence electrons. The lowest BCUT2D eigenvalue weighted by Gasteiger charge is -2.34. The third-order valence-corrected chi connectivity index (χ3v) is 4.93. The average Bonchev–Trinajstić information content (AvgIpc) is 2.58. The van der Waals surface area contributed by atoms with Crippen LogP contribution in [0.4, 0.5) is 5.69 Å². The zero-order chi connectivity index (χ0) is 18.4. The first-order chi connectivity index (χ1) is 11.7. The number of nitro groups is 1. The third-order valence-electron chi connectivity index (χ3n) is 4.93. The van der Waals surface area contributed by atoms with E-state index in [-0.39, 0.29) is 16.4 Å². The molecular formula is C20H21NO4. The Bertz CT molecular complexity index is 901. The maximum atomic E-state index is 11.3. The lowest BCUT2D eigenvalue weighted by molar-refractivity contribution is -0.385. The minimum absolute atomic E-state index is 0.0984. The van der Waals surface area contributed by atoms with Crippen LogP contribution in [0, 0.1) is 30.9 Å². The number of para-hydroxylation sites is 1. The van der Waals surface area contributed by atoms with Gasteiger partial charge in [-0.2, -0.15) is 0 Å². The van der Waals surface area contributed by atoms with Crippen LogP contribution in [0.2, 0.25) is 0 Å². The topological polar surface area (TPSA) is 72.6 Å². The molecule has 0 bridgehead atoms. The Morgan fingerprint density at radius 2 is 1.84 bits per heavy atom. The second kappa shape index (κ2) is 5.92. The zero-order valence-corrected chi connectivity index (χ0v) is 14.8. The van der Waals surface area contributed by atoms with Gasteiger partial charge in [-0.25, -0.2) is 0 Å². The molecule has 5 nitrogen and oxygen atoms in total. The molecule has 1 atom stereocenters. The highest BCUT2D eigenvalue weighted by Gasteiger charge is 2.32. The van der Waals surface area contributed by atoms with E-state index in [4.69, 9.17) is 4.74 Å². The molecule has 2 aromatic rings. The smallest absolute Gasteiger partial charge is 0.272 e. The zero-order valence-electron chi connectivity index (χ0n) is 14.8. The molecule has 0 aliphatic carbocycles. The highest BCUT2D eigenvalue weighted by molar-refractivity contribution is 5.71. The molecule has 25 heavy (non-hydrogen) atoms. The van der Waals surface area contributed by atoms with Gasteiger partial charge in [0.25, 0.3) is 5.69 Å². The number of aromatic hydroxyl groups is 1. The van der Waals surface area contributed by atoms with Crippen LogP contribution in [0.15, 0.2) is 30.3 Å². The van der Waals surface area contributed by atoms with E-state index in [1.54, 1.807) is 18.2 Å². The van der Waals surface area contributed by atoms with Gasteiger partial charge in [0.05, 0.1) is 4.92 Å². The molecule has 2 aromatic carbocycles. The fraction of sp³-hybridized carbons (Fsp3) is 0.300. The van der Waals surface area contributed by atoms with E-state index in [0.717, 1.165) is 28.0 Å². The first-order valence-corrected chi connectivity index (χ1v) is 8.17. The minimum atomic E-state index is -0.695. The Kier molecular flexibility index (Phi) is 4.03. The Balaban J connectivity index is 2.02. The van der Waals surface area contributed by atoms with Crippen LogP contribution >= 0.6 is 0 Å². The summed E-state index contributed by atoms with van der Waals surface area (Å²) < 4.78 is 6.29. The number of hydrogen-bond donors (Lipinski definition) is 1. The van der Waals surface area contributed by atoms with E-state index in [0.29, 0.717) is 12.0 Å². The van der Waals surface area contributed by atoms with Crippen molar-refractivity contribution in [3.05, 3.63) is 68.3 Å². The number of nitrogens with zero attached hydrogens (tertiary/aromatic N) is 1. The van der Waals surface area contributed by atoms with Crippen molar-refractivity contribution in [3.63, 3.8) is 0 Å². The van der Waals surface area contributed by atoms with Crippen LogP contribution in [0.5, 0.6) is 11.5 Å². The molecule has 3 rings (SSSR count). The van der Waals surface area contributed by atoms with Gasteiger partial charge in [-0.3, -0.25) is 10.1 Å². The van der Waals surface area contributed by atoms with E-state index in [1.165, 1.54) is 6.07 Å². The molecule has 1 heterocycles. The quantitative estimate of drug-likeness (QED) is 0.653. The number of benzene rings is 2. The lowest BCUT2D eigenvalue weighted by atomic mass is 9.89. The van der Waals surface area contributed by atoms with Gasteiger partial charge in [0, 0.05) is 29.2 Å². The number of ether oxygens (including phenoxy) is 1. The highest BCUT2D eigenvalue weighted by Crippen LogP contribution is 2.43. The fourth-order valence-electron chi connectivity index (χ4n) is 3.30. The standard InChI is InChI=1S/C20H21NO4/c1-12-13(2)19-16(14(3)18(12)22)9-10-20(4,25-19)11-15-7-5-6-8-17(15)21(23)24/h5-10,22H,11H2,1-4H3. The van der Waals surface area contributed by atoms with Gasteiger partial charge in [-0.15, -0.1) is 0 Å². The number of phenolic OH excluding ortho intramolecular Hbond substituents is 1. The summed E-state index contributed by atoms with van der Waals surface area (Å²) in [6.07, 6.45) is 4.24. The molecule has 0 saturated heterocycles. The molecule has 0 fully saturated rings. The summed E-state index contributed by atoms with van der Waals surface area (Å²) in [4.78, 5) is 10.9. The Morgan fingerprint density at radius 3 is 2.52 bits per heavy atom. The third kappa shape index (κ3) is 2.86. The van der Waals surface area contributed by atoms with Gasteiger partial charge in [-0.05, 0) is 44.9 Å². The van der Waals surface area contributed by atoms with Crippen LogP contribution in [0.1, 0.15) is 34.7 Å². The summed E-state index contributed by atoms with van der Waals surface area (Å²) in [6, 6.07) is 6.73. The summed E-state index contributed by atoms with van der Waals surface area (Å²) in [5, 5.41) is 21.5. The Hall–Kier alpha value is -2.82. The lowest BCUT2D eigenvalue weighted by Crippen LogP contribution is -2.35. The van der Waals surface area contributed by atoms with Crippen molar-refractivity contribution in [2.45, 2.75) is 39.7 Å². The molecule has 0 amide bonds. The second-order valence-corrected chi connectivity index (χ2v) is 6.78. The predicted octanol–water partition coefficient (Wildman–Crippen LogP) is 4.63. The minimum Gasteiger partial charge on any atom is -0.507 e. The van der Waals surface area contributed by atoms with Crippen LogP contribution in [-0.2, 0) is 6.42 Å². The van der Waals surface area contributed by atoms with Crippen molar-refractivity contribution < 1.29 is 14.8 Å². The van der Waals surface area contributed by atoms with Gasteiger partial charge in [0.2, 0.25) is 0 Å². The van der Waals surface area contributed by atoms with Gasteiger partial charge in [0.15, 0.2) is 0 Å². The maximum absolute atomic E-state index is 11.3. The molecule has 1 N–H and O–H groups in total. The molecule has 0 spiro atoms. The molecule has 1 aliphatic heterocycles. The van der Waals surface area contributed by atoms with Crippen molar-refractivity contribution in [1.29, 1.82) is 0 Å². The van der Waals surface area contributed by atoms with Crippen molar-refractivity contribution >= 4 is 11.8 Å². The van der Waals surface area contributed by atoms with Gasteiger partial charge in [0.1, 0.15) is 17.1 Å². The molecule has 0 aromatic heterocycles. The molecule has 1 unspecified atom stereocenters. The Labute approximate surface area is 146 Å². The monoisotopic (exact) mass is 339 g/mol. The van der Waals surface area contributed by atoms with Crippen molar-refractivity contribution in [2.75, 3.05) is 0 Å². The average molecular weight is 339 g/mol. The van der Waals surface area contributed by atoms with Crippen LogP contribution < -0.4 is 4.74 Å². The first kappa shape index (κ1) is 17.0. The highest BCUT2D eigenvalue weighted by atomic mass is 16.6. The molecular weight excluding hydrogens is 318 g/mol. The largest absolute Gasteiger partial charge is 0.507 e. The predicted molar refractivity (Wildman–Crippen MR) is 97.2 cm³/mol. The number of fused-ring (bicyclic) bond motifs is 1. The summed E-state index contributed by atoms with van der Waals surface area (Å²) >= 11 is 0. The summed E-state index contributed by atoms with van der Waals surface area (Å²) in [5.41, 5.74) is 3.35. The van der Waals surface area contributed by atoms with E-state index < -0.39 is 5.60 Å². The van der Waals surface area contributed by atoms with Crippen LogP contribution in [0.25, 0.3) is 6.08 Å². The van der Waals surface area contributed by atoms with Gasteiger partial charge in [-0.1, -0.05) is 24.3 Å². The Morgan fingerprint density at radius 1 is 1.16 bits per heavy atom. The fourth-order valence-corrected chi connectivity index (χ4v) is 3.30. The molecule has 1 aliphatic rings. The molecule has 0 radical (unpaired) electrons. The first-order valence-electron chi connectivity index (χ1n) is 8.17. The summed E-state index contributed by atoms with van der Waals surface area (Å²) in [5.74, 6) is 1.02. The maximum Gasteiger partial charge on any atom is 0.272 e. The number of rotatable bonds is 3. The van der Waals surface area contributed by atoms with E-state index >= 15 is 0 Å². The normalized spacial score (nSPS) is 18.6. The number of nitro benzene ring substituents is 1. The van der Waals surface area contributed by atoms with Crippen LogP contribution in [0.3, 0.4) is 0 Å². The summed E-state index contributed by atoms with van der Waals surface area (Å²) in [7, 11) is 0. The van der Waals surface area contributed by atoms with E-state index in [1.807, 2.05) is 39.8 Å².